The van der Waals surface area contributed by atoms with Gasteiger partial charge in [0.25, 0.3) is 0 Å². The maximum atomic E-state index is 12.0. The first-order valence-electron chi connectivity index (χ1n) is 4.09. The highest BCUT2D eigenvalue weighted by Gasteiger charge is 2.19. The van der Waals surface area contributed by atoms with Crippen molar-refractivity contribution >= 4 is 0 Å². The van der Waals surface area contributed by atoms with Crippen LogP contribution in [0.3, 0.4) is 0 Å². The summed E-state index contributed by atoms with van der Waals surface area (Å²) >= 11 is 0. The molecule has 1 rings (SSSR count). The minimum Gasteiger partial charge on any atom is -0.329 e. The molecule has 1 aliphatic rings. The van der Waals surface area contributed by atoms with Gasteiger partial charge in [0, 0.05) is 38.8 Å². The van der Waals surface area contributed by atoms with Crippen LogP contribution in [-0.2, 0) is 0 Å². The van der Waals surface area contributed by atoms with Crippen molar-refractivity contribution in [3.05, 3.63) is 0 Å². The van der Waals surface area contributed by atoms with E-state index in [4.69, 9.17) is 5.73 Å². The number of nitrogens with two attached hydrogens (primary N) is 1. The summed E-state index contributed by atoms with van der Waals surface area (Å²) in [5, 5.41) is 3.23. The lowest BCUT2D eigenvalue weighted by Crippen LogP contribution is -2.54. The first-order chi connectivity index (χ1) is 5.38. The van der Waals surface area contributed by atoms with E-state index < -0.39 is 0 Å². The summed E-state index contributed by atoms with van der Waals surface area (Å²) in [7, 11) is 0. The molecule has 1 heterocycles. The summed E-state index contributed by atoms with van der Waals surface area (Å²) < 4.78 is 12.0. The van der Waals surface area contributed by atoms with Gasteiger partial charge in [0.05, 0.1) is 0 Å². The van der Waals surface area contributed by atoms with E-state index in [1.54, 1.807) is 0 Å². The Labute approximate surface area is 66.7 Å². The fourth-order valence-electron chi connectivity index (χ4n) is 1.44. The van der Waals surface area contributed by atoms with Gasteiger partial charge >= 0.3 is 0 Å². The molecule has 0 aromatic carbocycles. The lowest BCUT2D eigenvalue weighted by molar-refractivity contribution is 0.154. The summed E-state index contributed by atoms with van der Waals surface area (Å²) in [5.74, 6) is 0. The van der Waals surface area contributed by atoms with Gasteiger partial charge in [0.15, 0.2) is 0 Å². The Morgan fingerprint density at radius 3 is 3.09 bits per heavy atom. The average Bonchev–Trinajstić information content (AvgIpc) is 2.06. The normalized spacial score (nSPS) is 27.3. The summed E-state index contributed by atoms with van der Waals surface area (Å²) in [6.45, 7) is 3.66. The SMILES string of the molecule is NCC1CNCCN1CCF. The molecule has 0 aromatic heterocycles. The molecule has 0 radical (unpaired) electrons. The number of hydrogen-bond acceptors (Lipinski definition) is 3. The lowest BCUT2D eigenvalue weighted by atomic mass is 10.2. The second-order valence-corrected chi connectivity index (χ2v) is 2.82. The second kappa shape index (κ2) is 4.64. The molecule has 0 saturated carbocycles. The van der Waals surface area contributed by atoms with E-state index >= 15 is 0 Å². The van der Waals surface area contributed by atoms with Crippen molar-refractivity contribution in [3.8, 4) is 0 Å². The maximum Gasteiger partial charge on any atom is 0.102 e. The van der Waals surface area contributed by atoms with Gasteiger partial charge in [0.2, 0.25) is 0 Å². The molecule has 3 N–H and O–H groups in total. The van der Waals surface area contributed by atoms with Crippen molar-refractivity contribution in [3.63, 3.8) is 0 Å². The largest absolute Gasteiger partial charge is 0.329 e. The van der Waals surface area contributed by atoms with Gasteiger partial charge in [-0.25, -0.2) is 4.39 Å². The minimum atomic E-state index is -0.267. The molecule has 66 valence electrons. The Bertz CT molecular complexity index is 108. The van der Waals surface area contributed by atoms with Gasteiger partial charge in [-0.05, 0) is 0 Å². The van der Waals surface area contributed by atoms with Gasteiger partial charge in [-0.15, -0.1) is 0 Å². The van der Waals surface area contributed by atoms with E-state index in [9.17, 15) is 4.39 Å². The van der Waals surface area contributed by atoms with Crippen molar-refractivity contribution in [1.82, 2.24) is 10.2 Å². The van der Waals surface area contributed by atoms with Crippen LogP contribution in [0.25, 0.3) is 0 Å². The Hall–Kier alpha value is -0.190. The predicted octanol–water partition coefficient (Wildman–Crippen LogP) is -0.812. The number of piperazine rings is 1. The van der Waals surface area contributed by atoms with Crippen LogP contribution in [0.2, 0.25) is 0 Å². The smallest absolute Gasteiger partial charge is 0.102 e. The van der Waals surface area contributed by atoms with Crippen LogP contribution in [0.1, 0.15) is 0 Å². The first kappa shape index (κ1) is 8.90. The molecular formula is C7H16FN3. The standard InChI is InChI=1S/C7H16FN3/c8-1-3-11-4-2-10-6-7(11)5-9/h7,10H,1-6,9H2. The predicted molar refractivity (Wildman–Crippen MR) is 43.3 cm³/mol. The zero-order valence-electron chi connectivity index (χ0n) is 6.72. The van der Waals surface area contributed by atoms with Crippen molar-refractivity contribution in [2.45, 2.75) is 6.04 Å². The van der Waals surface area contributed by atoms with E-state index in [1.165, 1.54) is 0 Å². The highest BCUT2D eigenvalue weighted by Crippen LogP contribution is 2.00. The minimum absolute atomic E-state index is 0.267. The number of nitrogens with one attached hydrogen (secondary N) is 1. The second-order valence-electron chi connectivity index (χ2n) is 2.82. The Balaban J connectivity index is 2.31. The summed E-state index contributed by atoms with van der Waals surface area (Å²) in [6, 6.07) is 0.333. The van der Waals surface area contributed by atoms with Gasteiger partial charge in [-0.1, -0.05) is 0 Å². The number of hydrogen-bond donors (Lipinski definition) is 2. The quantitative estimate of drug-likeness (QED) is 0.569. The third-order valence-corrected chi connectivity index (χ3v) is 2.12. The number of rotatable bonds is 3. The van der Waals surface area contributed by atoms with E-state index in [1.807, 2.05) is 0 Å². The molecular weight excluding hydrogens is 145 g/mol. The molecule has 4 heteroatoms. The Morgan fingerprint density at radius 1 is 1.64 bits per heavy atom. The van der Waals surface area contributed by atoms with E-state index in [0.717, 1.165) is 19.6 Å². The van der Waals surface area contributed by atoms with Crippen molar-refractivity contribution < 1.29 is 4.39 Å². The maximum absolute atomic E-state index is 12.0. The Morgan fingerprint density at radius 2 is 2.45 bits per heavy atom. The van der Waals surface area contributed by atoms with Crippen LogP contribution in [0.5, 0.6) is 0 Å². The Kier molecular flexibility index (Phi) is 3.76. The number of halogens is 1. The monoisotopic (exact) mass is 161 g/mol. The molecule has 3 nitrogen and oxygen atoms in total. The molecule has 11 heavy (non-hydrogen) atoms. The van der Waals surface area contributed by atoms with Crippen molar-refractivity contribution in [2.24, 2.45) is 5.73 Å². The molecule has 1 saturated heterocycles. The molecule has 1 atom stereocenters. The van der Waals surface area contributed by atoms with Gasteiger partial charge in [-0.3, -0.25) is 4.90 Å². The van der Waals surface area contributed by atoms with Crippen LogP contribution in [0.15, 0.2) is 0 Å². The zero-order chi connectivity index (χ0) is 8.10. The summed E-state index contributed by atoms with van der Waals surface area (Å²) in [6.07, 6.45) is 0. The first-order valence-corrected chi connectivity index (χ1v) is 4.09. The third kappa shape index (κ3) is 2.39. The van der Waals surface area contributed by atoms with Crippen LogP contribution in [0.4, 0.5) is 4.39 Å². The topological polar surface area (TPSA) is 41.3 Å². The lowest BCUT2D eigenvalue weighted by Gasteiger charge is -2.34. The molecule has 0 amide bonds. The fraction of sp³-hybridized carbons (Fsp3) is 1.00. The molecule has 1 unspecified atom stereocenters. The van der Waals surface area contributed by atoms with Crippen LogP contribution in [-0.4, -0.2) is 50.3 Å². The molecule has 1 fully saturated rings. The highest BCUT2D eigenvalue weighted by molar-refractivity contribution is 4.79. The molecule has 0 aliphatic carbocycles. The molecule has 0 bridgehead atoms. The van der Waals surface area contributed by atoms with E-state index in [0.29, 0.717) is 19.1 Å². The van der Waals surface area contributed by atoms with Gasteiger partial charge in [0.1, 0.15) is 6.67 Å². The molecule has 1 aliphatic heterocycles. The van der Waals surface area contributed by atoms with Crippen molar-refractivity contribution in [1.29, 1.82) is 0 Å². The van der Waals surface area contributed by atoms with E-state index in [2.05, 4.69) is 10.2 Å². The number of alkyl halides is 1. The summed E-state index contributed by atoms with van der Waals surface area (Å²) in [5.41, 5.74) is 5.52. The fourth-order valence-corrected chi connectivity index (χ4v) is 1.44. The number of nitrogens with zero attached hydrogens (tertiary/aromatic N) is 1. The molecule has 0 aromatic rings. The highest BCUT2D eigenvalue weighted by atomic mass is 19.1. The van der Waals surface area contributed by atoms with Crippen LogP contribution in [0, 0.1) is 0 Å². The van der Waals surface area contributed by atoms with Crippen molar-refractivity contribution in [2.75, 3.05) is 39.4 Å². The zero-order valence-corrected chi connectivity index (χ0v) is 6.72. The summed E-state index contributed by atoms with van der Waals surface area (Å²) in [4.78, 5) is 2.11. The average molecular weight is 161 g/mol. The molecule has 0 spiro atoms. The van der Waals surface area contributed by atoms with Crippen LogP contribution < -0.4 is 11.1 Å². The van der Waals surface area contributed by atoms with Crippen LogP contribution >= 0.6 is 0 Å². The van der Waals surface area contributed by atoms with E-state index in [-0.39, 0.29) is 6.67 Å². The third-order valence-electron chi connectivity index (χ3n) is 2.12. The van der Waals surface area contributed by atoms with Gasteiger partial charge < -0.3 is 11.1 Å². The van der Waals surface area contributed by atoms with Gasteiger partial charge in [-0.2, -0.15) is 0 Å².